The number of nitrogens with one attached hydrogen (secondary N) is 1. The maximum atomic E-state index is 14.6. The number of hydrogen-bond acceptors (Lipinski definition) is 2. The van der Waals surface area contributed by atoms with Gasteiger partial charge in [-0.25, -0.2) is 18.3 Å². The first-order chi connectivity index (χ1) is 19.5. The number of halogens is 2. The standard InChI is InChI=1S/C32H29F2N5O/c1-3-21-12-14-22(15-13-21)30-29-11-8-18-37(29)31-25(27(4-2)36-39(31)24-9-6-5-7-10-24)20-38(30)32(40)35-28-17-16-23(33)19-26(28)34/h5-19,30H,3-4,20H2,1-2H3,(H,35,40)/t30-/m0/s1. The van der Waals surface area contributed by atoms with Gasteiger partial charge in [0.1, 0.15) is 17.5 Å². The highest BCUT2D eigenvalue weighted by atomic mass is 19.1. The van der Waals surface area contributed by atoms with E-state index in [0.717, 1.165) is 52.6 Å². The fourth-order valence-corrected chi connectivity index (χ4v) is 5.41. The summed E-state index contributed by atoms with van der Waals surface area (Å²) in [7, 11) is 0. The van der Waals surface area contributed by atoms with Gasteiger partial charge in [-0.2, -0.15) is 5.10 Å². The number of carbonyl (C=O) groups excluding carboxylic acids is 1. The topological polar surface area (TPSA) is 55.1 Å². The number of hydrogen-bond donors (Lipinski definition) is 1. The van der Waals surface area contributed by atoms with Crippen molar-refractivity contribution in [2.24, 2.45) is 0 Å². The number of aromatic nitrogens is 3. The van der Waals surface area contributed by atoms with E-state index in [4.69, 9.17) is 5.10 Å². The Kier molecular flexibility index (Phi) is 6.67. The molecule has 40 heavy (non-hydrogen) atoms. The number of anilines is 1. The zero-order valence-electron chi connectivity index (χ0n) is 22.3. The maximum Gasteiger partial charge on any atom is 0.323 e. The molecule has 0 saturated heterocycles. The molecule has 0 unspecified atom stereocenters. The van der Waals surface area contributed by atoms with Crippen molar-refractivity contribution in [2.45, 2.75) is 39.3 Å². The highest BCUT2D eigenvalue weighted by Crippen LogP contribution is 2.39. The van der Waals surface area contributed by atoms with E-state index < -0.39 is 23.7 Å². The molecule has 3 heterocycles. The Morgan fingerprint density at radius 2 is 1.73 bits per heavy atom. The van der Waals surface area contributed by atoms with Gasteiger partial charge in [-0.1, -0.05) is 56.3 Å². The van der Waals surface area contributed by atoms with Gasteiger partial charge in [0.2, 0.25) is 0 Å². The molecular formula is C32H29F2N5O. The molecule has 202 valence electrons. The van der Waals surface area contributed by atoms with Crippen molar-refractivity contribution in [3.8, 4) is 11.5 Å². The molecule has 1 N–H and O–H groups in total. The van der Waals surface area contributed by atoms with Crippen LogP contribution in [0, 0.1) is 11.6 Å². The Bertz CT molecular complexity index is 1670. The number of fused-ring (bicyclic) bond motifs is 3. The number of nitrogens with zero attached hydrogens (tertiary/aromatic N) is 4. The highest BCUT2D eigenvalue weighted by Gasteiger charge is 2.36. The van der Waals surface area contributed by atoms with Gasteiger partial charge in [0.25, 0.3) is 0 Å². The molecule has 6 rings (SSSR count). The molecule has 0 spiro atoms. The van der Waals surface area contributed by atoms with Crippen LogP contribution >= 0.6 is 0 Å². The van der Waals surface area contributed by atoms with Crippen molar-refractivity contribution in [3.63, 3.8) is 0 Å². The normalized spacial score (nSPS) is 14.4. The second kappa shape index (κ2) is 10.4. The Balaban J connectivity index is 1.54. The van der Waals surface area contributed by atoms with Gasteiger partial charge in [0, 0.05) is 17.8 Å². The molecule has 2 aromatic heterocycles. The molecule has 0 saturated carbocycles. The van der Waals surface area contributed by atoms with Crippen molar-refractivity contribution in [2.75, 3.05) is 5.32 Å². The second-order valence-corrected chi connectivity index (χ2v) is 9.83. The van der Waals surface area contributed by atoms with E-state index in [2.05, 4.69) is 28.9 Å². The van der Waals surface area contributed by atoms with Crippen LogP contribution in [0.5, 0.6) is 0 Å². The molecular weight excluding hydrogens is 508 g/mol. The number of amides is 2. The highest BCUT2D eigenvalue weighted by molar-refractivity contribution is 5.90. The number of carbonyl (C=O) groups is 1. The van der Waals surface area contributed by atoms with Crippen molar-refractivity contribution < 1.29 is 13.6 Å². The Morgan fingerprint density at radius 3 is 2.42 bits per heavy atom. The summed E-state index contributed by atoms with van der Waals surface area (Å²) in [5.41, 5.74) is 5.59. The molecule has 1 aliphatic rings. The number of benzene rings is 3. The van der Waals surface area contributed by atoms with E-state index in [1.165, 1.54) is 11.6 Å². The second-order valence-electron chi connectivity index (χ2n) is 9.83. The van der Waals surface area contributed by atoms with Gasteiger partial charge in [0.05, 0.1) is 35.3 Å². The fourth-order valence-electron chi connectivity index (χ4n) is 5.41. The average molecular weight is 538 g/mol. The van der Waals surface area contributed by atoms with Crippen LogP contribution in [-0.4, -0.2) is 25.3 Å². The molecule has 3 aromatic carbocycles. The number of para-hydroxylation sites is 1. The minimum absolute atomic E-state index is 0.0815. The predicted molar refractivity (Wildman–Crippen MR) is 151 cm³/mol. The van der Waals surface area contributed by atoms with Crippen LogP contribution in [0.2, 0.25) is 0 Å². The van der Waals surface area contributed by atoms with Crippen molar-refractivity contribution in [1.29, 1.82) is 0 Å². The number of rotatable bonds is 5. The van der Waals surface area contributed by atoms with Gasteiger partial charge in [-0.05, 0) is 60.4 Å². The van der Waals surface area contributed by atoms with Gasteiger partial charge >= 0.3 is 6.03 Å². The molecule has 1 atom stereocenters. The molecule has 8 heteroatoms. The summed E-state index contributed by atoms with van der Waals surface area (Å²) >= 11 is 0. The summed E-state index contributed by atoms with van der Waals surface area (Å²) in [5, 5.41) is 7.65. The summed E-state index contributed by atoms with van der Waals surface area (Å²) in [6.45, 7) is 4.38. The van der Waals surface area contributed by atoms with Crippen molar-refractivity contribution in [3.05, 3.63) is 131 Å². The lowest BCUT2D eigenvalue weighted by Gasteiger charge is -2.31. The fraction of sp³-hybridized carbons (Fsp3) is 0.188. The molecule has 0 radical (unpaired) electrons. The van der Waals surface area contributed by atoms with Crippen LogP contribution in [0.4, 0.5) is 19.3 Å². The third-order valence-corrected chi connectivity index (χ3v) is 7.44. The quantitative estimate of drug-likeness (QED) is 0.258. The largest absolute Gasteiger partial charge is 0.323 e. The maximum absolute atomic E-state index is 14.6. The Hall–Kier alpha value is -4.72. The van der Waals surface area contributed by atoms with Gasteiger partial charge in [-0.15, -0.1) is 0 Å². The Morgan fingerprint density at radius 1 is 0.950 bits per heavy atom. The van der Waals surface area contributed by atoms with Crippen LogP contribution in [-0.2, 0) is 19.4 Å². The van der Waals surface area contributed by atoms with Crippen LogP contribution < -0.4 is 5.32 Å². The van der Waals surface area contributed by atoms with Crippen LogP contribution in [0.25, 0.3) is 11.5 Å². The summed E-state index contributed by atoms with van der Waals surface area (Å²) in [6, 6.07) is 24.2. The minimum atomic E-state index is -0.831. The van der Waals surface area contributed by atoms with Crippen LogP contribution in [0.3, 0.4) is 0 Å². The van der Waals surface area contributed by atoms with E-state index in [9.17, 15) is 13.6 Å². The van der Waals surface area contributed by atoms with E-state index in [-0.39, 0.29) is 12.2 Å². The summed E-state index contributed by atoms with van der Waals surface area (Å²) < 4.78 is 32.2. The van der Waals surface area contributed by atoms with Crippen LogP contribution in [0.15, 0.2) is 91.1 Å². The monoisotopic (exact) mass is 537 g/mol. The lowest BCUT2D eigenvalue weighted by atomic mass is 9.99. The molecule has 1 aliphatic heterocycles. The molecule has 5 aromatic rings. The molecule has 0 aliphatic carbocycles. The van der Waals surface area contributed by atoms with E-state index >= 15 is 0 Å². The van der Waals surface area contributed by atoms with E-state index in [0.29, 0.717) is 6.42 Å². The molecule has 6 nitrogen and oxygen atoms in total. The van der Waals surface area contributed by atoms with E-state index in [1.807, 2.05) is 72.4 Å². The first kappa shape index (κ1) is 25.6. The molecule has 0 fully saturated rings. The molecule has 2 amide bonds. The van der Waals surface area contributed by atoms with Crippen molar-refractivity contribution in [1.82, 2.24) is 19.2 Å². The minimum Gasteiger partial charge on any atom is -0.307 e. The molecule has 0 bridgehead atoms. The zero-order valence-corrected chi connectivity index (χ0v) is 22.3. The summed E-state index contributed by atoms with van der Waals surface area (Å²) in [6.07, 6.45) is 3.55. The number of aryl methyl sites for hydroxylation is 2. The summed E-state index contributed by atoms with van der Waals surface area (Å²) in [5.74, 6) is -0.675. The zero-order chi connectivity index (χ0) is 27.8. The van der Waals surface area contributed by atoms with Gasteiger partial charge < -0.3 is 14.8 Å². The predicted octanol–water partition coefficient (Wildman–Crippen LogP) is 7.20. The number of urea groups is 1. The third kappa shape index (κ3) is 4.45. The van der Waals surface area contributed by atoms with Crippen LogP contribution in [0.1, 0.15) is 48.0 Å². The van der Waals surface area contributed by atoms with Gasteiger partial charge in [-0.3, -0.25) is 0 Å². The average Bonchev–Trinajstić information content (AvgIpc) is 3.56. The summed E-state index contributed by atoms with van der Waals surface area (Å²) in [4.78, 5) is 15.7. The first-order valence-electron chi connectivity index (χ1n) is 13.4. The lowest BCUT2D eigenvalue weighted by Crippen LogP contribution is -2.38. The SMILES string of the molecule is CCc1ccc([C@H]2c3cccn3-c3c(c(CC)nn3-c3ccccc3)CN2C(=O)Nc2ccc(F)cc2F)cc1. The van der Waals surface area contributed by atoms with Gasteiger partial charge in [0.15, 0.2) is 0 Å². The van der Waals surface area contributed by atoms with E-state index in [1.54, 1.807) is 4.90 Å². The smallest absolute Gasteiger partial charge is 0.307 e. The lowest BCUT2D eigenvalue weighted by molar-refractivity contribution is 0.194. The third-order valence-electron chi connectivity index (χ3n) is 7.44. The Labute approximate surface area is 231 Å². The van der Waals surface area contributed by atoms with Crippen molar-refractivity contribution >= 4 is 11.7 Å². The first-order valence-corrected chi connectivity index (χ1v) is 13.4.